The van der Waals surface area contributed by atoms with Crippen molar-refractivity contribution in [2.45, 2.75) is 20.8 Å². The van der Waals surface area contributed by atoms with Crippen molar-refractivity contribution < 1.29 is 9.18 Å². The van der Waals surface area contributed by atoms with E-state index in [0.29, 0.717) is 17.2 Å². The van der Waals surface area contributed by atoms with Crippen molar-refractivity contribution in [2.75, 3.05) is 5.32 Å². The molecule has 0 aliphatic carbocycles. The summed E-state index contributed by atoms with van der Waals surface area (Å²) in [5.41, 5.74) is 3.42. The predicted molar refractivity (Wildman–Crippen MR) is 112 cm³/mol. The third-order valence-electron chi connectivity index (χ3n) is 4.53. The van der Waals surface area contributed by atoms with E-state index in [1.165, 1.54) is 12.1 Å². The van der Waals surface area contributed by atoms with Crippen LogP contribution in [0.25, 0.3) is 21.3 Å². The van der Waals surface area contributed by atoms with Crippen LogP contribution in [0.5, 0.6) is 0 Å². The van der Waals surface area contributed by atoms with Crippen LogP contribution < -0.4 is 5.32 Å². The van der Waals surface area contributed by atoms with Crippen LogP contribution in [0.1, 0.15) is 28.0 Å². The fraction of sp³-hybridized carbons (Fsp3) is 0.136. The van der Waals surface area contributed by atoms with E-state index in [1.807, 2.05) is 26.0 Å². The van der Waals surface area contributed by atoms with Crippen molar-refractivity contribution in [3.63, 3.8) is 0 Å². The minimum atomic E-state index is -0.267. The first-order valence-electron chi connectivity index (χ1n) is 8.84. The standard InChI is InChI=1S/C22H18FN3OS/c1-12(27)15-6-10-18(11-7-15)26-21-20-19(16-4-8-17(23)9-5-16)13(2)28-22(20)25-14(3)24-21/h4-11H,1-3H3,(H,24,25,26). The van der Waals surface area contributed by atoms with Crippen molar-refractivity contribution in [3.8, 4) is 11.1 Å². The molecule has 0 aliphatic rings. The highest BCUT2D eigenvalue weighted by Gasteiger charge is 2.18. The molecule has 0 saturated heterocycles. The summed E-state index contributed by atoms with van der Waals surface area (Å²) in [6.45, 7) is 5.44. The molecule has 4 aromatic rings. The number of rotatable bonds is 4. The van der Waals surface area contributed by atoms with Gasteiger partial charge in [0, 0.05) is 21.7 Å². The topological polar surface area (TPSA) is 54.9 Å². The van der Waals surface area contributed by atoms with Gasteiger partial charge in [-0.2, -0.15) is 0 Å². The maximum atomic E-state index is 13.4. The molecule has 2 heterocycles. The van der Waals surface area contributed by atoms with Crippen molar-refractivity contribution in [3.05, 3.63) is 70.6 Å². The molecule has 0 bridgehead atoms. The van der Waals surface area contributed by atoms with E-state index in [-0.39, 0.29) is 11.6 Å². The van der Waals surface area contributed by atoms with Gasteiger partial charge in [-0.3, -0.25) is 4.79 Å². The third-order valence-corrected chi connectivity index (χ3v) is 5.53. The fourth-order valence-corrected chi connectivity index (χ4v) is 4.29. The number of thiophene rings is 1. The van der Waals surface area contributed by atoms with Crippen molar-refractivity contribution in [1.29, 1.82) is 0 Å². The number of hydrogen-bond donors (Lipinski definition) is 1. The second-order valence-electron chi connectivity index (χ2n) is 6.60. The first-order chi connectivity index (χ1) is 13.4. The molecule has 4 rings (SSSR count). The van der Waals surface area contributed by atoms with Gasteiger partial charge in [0.2, 0.25) is 0 Å². The Morgan fingerprint density at radius 2 is 1.68 bits per heavy atom. The monoisotopic (exact) mass is 391 g/mol. The van der Waals surface area contributed by atoms with E-state index in [9.17, 15) is 9.18 Å². The predicted octanol–water partition coefficient (Wildman–Crippen LogP) is 6.06. The molecule has 0 unspecified atom stereocenters. The number of anilines is 2. The number of ketones is 1. The Labute approximate surface area is 166 Å². The summed E-state index contributed by atoms with van der Waals surface area (Å²) >= 11 is 1.59. The Bertz CT molecular complexity index is 1180. The Morgan fingerprint density at radius 3 is 2.32 bits per heavy atom. The number of benzene rings is 2. The van der Waals surface area contributed by atoms with Gasteiger partial charge in [-0.05, 0) is 62.7 Å². The van der Waals surface area contributed by atoms with Gasteiger partial charge in [0.1, 0.15) is 22.3 Å². The number of nitrogens with one attached hydrogen (secondary N) is 1. The van der Waals surface area contributed by atoms with Gasteiger partial charge in [-0.1, -0.05) is 12.1 Å². The zero-order chi connectivity index (χ0) is 19.8. The van der Waals surface area contributed by atoms with Gasteiger partial charge in [0.15, 0.2) is 5.78 Å². The lowest BCUT2D eigenvalue weighted by atomic mass is 10.0. The lowest BCUT2D eigenvalue weighted by Gasteiger charge is -2.10. The number of halogens is 1. The fourth-order valence-electron chi connectivity index (χ4n) is 3.20. The molecule has 2 aromatic heterocycles. The van der Waals surface area contributed by atoms with Gasteiger partial charge in [-0.15, -0.1) is 11.3 Å². The van der Waals surface area contributed by atoms with Gasteiger partial charge in [0.25, 0.3) is 0 Å². The molecular weight excluding hydrogens is 373 g/mol. The van der Waals surface area contributed by atoms with E-state index in [1.54, 1.807) is 42.5 Å². The van der Waals surface area contributed by atoms with E-state index in [2.05, 4.69) is 15.3 Å². The first-order valence-corrected chi connectivity index (χ1v) is 9.66. The summed E-state index contributed by atoms with van der Waals surface area (Å²) in [4.78, 5) is 22.7. The molecular formula is C22H18FN3OS. The number of hydrogen-bond acceptors (Lipinski definition) is 5. The maximum Gasteiger partial charge on any atom is 0.159 e. The lowest BCUT2D eigenvalue weighted by molar-refractivity contribution is 0.101. The highest BCUT2D eigenvalue weighted by molar-refractivity contribution is 7.19. The van der Waals surface area contributed by atoms with E-state index in [4.69, 9.17) is 0 Å². The van der Waals surface area contributed by atoms with Crippen LogP contribution in [-0.2, 0) is 0 Å². The SMILES string of the molecule is CC(=O)c1ccc(Nc2nc(C)nc3sc(C)c(-c4ccc(F)cc4)c23)cc1. The van der Waals surface area contributed by atoms with Crippen LogP contribution in [0.2, 0.25) is 0 Å². The molecule has 1 N–H and O–H groups in total. The second-order valence-corrected chi connectivity index (χ2v) is 7.80. The molecule has 0 atom stereocenters. The zero-order valence-corrected chi connectivity index (χ0v) is 16.5. The Kier molecular flexibility index (Phi) is 4.65. The average Bonchev–Trinajstić information content (AvgIpc) is 2.98. The highest BCUT2D eigenvalue weighted by Crippen LogP contribution is 2.41. The van der Waals surface area contributed by atoms with Gasteiger partial charge >= 0.3 is 0 Å². The van der Waals surface area contributed by atoms with Crippen molar-refractivity contribution in [2.24, 2.45) is 0 Å². The summed E-state index contributed by atoms with van der Waals surface area (Å²) in [6.07, 6.45) is 0. The molecule has 0 aliphatic heterocycles. The second kappa shape index (κ2) is 7.13. The zero-order valence-electron chi connectivity index (χ0n) is 15.7. The molecule has 4 nitrogen and oxygen atoms in total. The third kappa shape index (κ3) is 3.39. The summed E-state index contributed by atoms with van der Waals surface area (Å²) in [5.74, 6) is 1.12. The summed E-state index contributed by atoms with van der Waals surface area (Å²) in [5, 5.41) is 4.27. The smallest absolute Gasteiger partial charge is 0.159 e. The van der Waals surface area contributed by atoms with Crippen molar-refractivity contribution >= 4 is 38.8 Å². The normalized spacial score (nSPS) is 11.0. The highest BCUT2D eigenvalue weighted by atomic mass is 32.1. The van der Waals surface area contributed by atoms with Crippen molar-refractivity contribution in [1.82, 2.24) is 9.97 Å². The molecule has 0 spiro atoms. The van der Waals surface area contributed by atoms with Gasteiger partial charge < -0.3 is 5.32 Å². The molecule has 28 heavy (non-hydrogen) atoms. The number of nitrogens with zero attached hydrogens (tertiary/aromatic N) is 2. The molecule has 2 aromatic carbocycles. The number of fused-ring (bicyclic) bond motifs is 1. The van der Waals surface area contributed by atoms with Crippen LogP contribution in [-0.4, -0.2) is 15.8 Å². The summed E-state index contributed by atoms with van der Waals surface area (Å²) in [7, 11) is 0. The number of carbonyl (C=O) groups is 1. The molecule has 0 radical (unpaired) electrons. The van der Waals surface area contributed by atoms with Crippen LogP contribution in [0.4, 0.5) is 15.9 Å². The molecule has 0 saturated carbocycles. The molecule has 0 amide bonds. The lowest BCUT2D eigenvalue weighted by Crippen LogP contribution is -1.99. The van der Waals surface area contributed by atoms with E-state index >= 15 is 0 Å². The number of carbonyl (C=O) groups excluding carboxylic acids is 1. The number of aromatic nitrogens is 2. The summed E-state index contributed by atoms with van der Waals surface area (Å²) < 4.78 is 13.4. The van der Waals surface area contributed by atoms with Crippen LogP contribution >= 0.6 is 11.3 Å². The summed E-state index contributed by atoms with van der Waals surface area (Å²) in [6, 6.07) is 13.8. The van der Waals surface area contributed by atoms with Gasteiger partial charge in [-0.25, -0.2) is 14.4 Å². The van der Waals surface area contributed by atoms with E-state index < -0.39 is 0 Å². The van der Waals surface area contributed by atoms with Crippen LogP contribution in [0.3, 0.4) is 0 Å². The van der Waals surface area contributed by atoms with Gasteiger partial charge in [0.05, 0.1) is 5.39 Å². The average molecular weight is 391 g/mol. The minimum absolute atomic E-state index is 0.0267. The number of aryl methyl sites for hydroxylation is 2. The largest absolute Gasteiger partial charge is 0.340 e. The van der Waals surface area contributed by atoms with Crippen LogP contribution in [0, 0.1) is 19.7 Å². The van der Waals surface area contributed by atoms with Crippen LogP contribution in [0.15, 0.2) is 48.5 Å². The molecule has 140 valence electrons. The first kappa shape index (κ1) is 18.3. The Balaban J connectivity index is 1.85. The van der Waals surface area contributed by atoms with E-state index in [0.717, 1.165) is 31.9 Å². The molecule has 6 heteroatoms. The molecule has 0 fully saturated rings. The Morgan fingerprint density at radius 1 is 1.00 bits per heavy atom. The Hall–Kier alpha value is -3.12. The minimum Gasteiger partial charge on any atom is -0.340 e. The quantitative estimate of drug-likeness (QED) is 0.430. The number of Topliss-reactive ketones (excluding diaryl/α,β-unsaturated/α-hetero) is 1. The maximum absolute atomic E-state index is 13.4.